The molecule has 0 saturated heterocycles. The summed E-state index contributed by atoms with van der Waals surface area (Å²) in [5.74, 6) is -1.12. The van der Waals surface area contributed by atoms with Gasteiger partial charge < -0.3 is 10.5 Å². The van der Waals surface area contributed by atoms with Gasteiger partial charge >= 0.3 is 0 Å². The molecule has 0 spiro atoms. The number of oxime groups is 1. The third kappa shape index (κ3) is 7.22. The number of halogens is 1. The number of aromatic nitrogens is 2. The predicted octanol–water partition coefficient (Wildman–Crippen LogP) is 1.14. The molecule has 0 saturated carbocycles. The zero-order chi connectivity index (χ0) is 20.7. The van der Waals surface area contributed by atoms with Gasteiger partial charge in [-0.1, -0.05) is 45.0 Å². The lowest BCUT2D eigenvalue weighted by Crippen LogP contribution is -2.39. The number of amides is 1. The first-order valence-electron chi connectivity index (χ1n) is 7.89. The zero-order valence-corrected chi connectivity index (χ0v) is 17.9. The van der Waals surface area contributed by atoms with Gasteiger partial charge in [0.25, 0.3) is 0 Å². The third-order valence-electron chi connectivity index (χ3n) is 3.32. The standard InChI is InChI=1S/C15H18BrN5O5S2/c1-9(18-13(22)8-28(17,24)25)7-27-15-14(20-26-21-15)12(19-23)6-10-3-2-4-11(16)5-10/h2-5,9,23H,6-8H2,1H3,(H,18,22)(H2,17,24,25)/t9-/m0/s1. The van der Waals surface area contributed by atoms with Crippen molar-refractivity contribution in [3.63, 3.8) is 0 Å². The first-order valence-corrected chi connectivity index (χ1v) is 11.4. The van der Waals surface area contributed by atoms with Crippen molar-refractivity contribution in [3.05, 3.63) is 40.0 Å². The molecule has 1 atom stereocenters. The molecule has 1 heterocycles. The molecule has 13 heteroatoms. The second-order valence-electron chi connectivity index (χ2n) is 5.86. The SMILES string of the molecule is C[C@@H](CSc1nonc1C(Cc1cccc(Br)c1)=NO)NC(=O)CS(N)(=O)=O. The number of hydrogen-bond acceptors (Lipinski definition) is 9. The maximum Gasteiger partial charge on any atom is 0.236 e. The summed E-state index contributed by atoms with van der Waals surface area (Å²) < 4.78 is 27.5. The quantitative estimate of drug-likeness (QED) is 0.203. The minimum absolute atomic E-state index is 0.271. The van der Waals surface area contributed by atoms with Crippen molar-refractivity contribution >= 4 is 49.3 Å². The number of nitrogens with zero attached hydrogens (tertiary/aromatic N) is 3. The smallest absolute Gasteiger partial charge is 0.236 e. The van der Waals surface area contributed by atoms with E-state index in [1.807, 2.05) is 24.3 Å². The average Bonchev–Trinajstić information content (AvgIpc) is 3.04. The van der Waals surface area contributed by atoms with E-state index in [1.165, 1.54) is 11.8 Å². The number of rotatable bonds is 9. The van der Waals surface area contributed by atoms with Crippen LogP contribution in [0, 0.1) is 0 Å². The van der Waals surface area contributed by atoms with Gasteiger partial charge in [-0.2, -0.15) is 0 Å². The van der Waals surface area contributed by atoms with Gasteiger partial charge in [-0.3, -0.25) is 4.79 Å². The first kappa shape index (κ1) is 22.3. The van der Waals surface area contributed by atoms with E-state index < -0.39 is 21.7 Å². The van der Waals surface area contributed by atoms with Crippen molar-refractivity contribution in [2.75, 3.05) is 11.5 Å². The van der Waals surface area contributed by atoms with Crippen molar-refractivity contribution in [3.8, 4) is 0 Å². The van der Waals surface area contributed by atoms with E-state index in [-0.39, 0.29) is 17.4 Å². The molecule has 4 N–H and O–H groups in total. The molecule has 2 aromatic rings. The predicted molar refractivity (Wildman–Crippen MR) is 107 cm³/mol. The summed E-state index contributed by atoms with van der Waals surface area (Å²) >= 11 is 4.60. The number of hydrogen-bond donors (Lipinski definition) is 3. The van der Waals surface area contributed by atoms with Crippen molar-refractivity contribution < 1.29 is 23.0 Å². The van der Waals surface area contributed by atoms with Crippen LogP contribution < -0.4 is 10.5 Å². The number of primary sulfonamides is 1. The average molecular weight is 492 g/mol. The highest BCUT2D eigenvalue weighted by Gasteiger charge is 2.20. The van der Waals surface area contributed by atoms with E-state index in [9.17, 15) is 18.4 Å². The Morgan fingerprint density at radius 1 is 1.46 bits per heavy atom. The molecule has 152 valence electrons. The lowest BCUT2D eigenvalue weighted by molar-refractivity contribution is -0.119. The highest BCUT2D eigenvalue weighted by Crippen LogP contribution is 2.22. The Morgan fingerprint density at radius 2 is 2.21 bits per heavy atom. The molecular formula is C15H18BrN5O5S2. The molecule has 0 radical (unpaired) electrons. The number of nitrogens with two attached hydrogens (primary N) is 1. The Hall–Kier alpha value is -1.96. The summed E-state index contributed by atoms with van der Waals surface area (Å²) in [6.45, 7) is 1.70. The van der Waals surface area contributed by atoms with Crippen LogP contribution >= 0.6 is 27.7 Å². The van der Waals surface area contributed by atoms with Crippen LogP contribution in [0.4, 0.5) is 0 Å². The fourth-order valence-electron chi connectivity index (χ4n) is 2.20. The summed E-state index contributed by atoms with van der Waals surface area (Å²) in [6, 6.07) is 7.12. The van der Waals surface area contributed by atoms with Gasteiger partial charge in [0.2, 0.25) is 15.9 Å². The largest absolute Gasteiger partial charge is 0.411 e. The van der Waals surface area contributed by atoms with E-state index in [1.54, 1.807) is 6.92 Å². The second kappa shape index (κ2) is 10.0. The van der Waals surface area contributed by atoms with Crippen molar-refractivity contribution in [2.24, 2.45) is 10.3 Å². The van der Waals surface area contributed by atoms with Crippen molar-refractivity contribution in [1.29, 1.82) is 0 Å². The molecule has 0 unspecified atom stereocenters. The van der Waals surface area contributed by atoms with Gasteiger partial charge in [0, 0.05) is 22.7 Å². The van der Waals surface area contributed by atoms with E-state index in [0.29, 0.717) is 17.2 Å². The van der Waals surface area contributed by atoms with Crippen LogP contribution in [0.15, 0.2) is 43.5 Å². The third-order valence-corrected chi connectivity index (χ3v) is 5.69. The van der Waals surface area contributed by atoms with Crippen LogP contribution in [0.5, 0.6) is 0 Å². The van der Waals surface area contributed by atoms with E-state index in [4.69, 9.17) is 9.77 Å². The number of nitrogens with one attached hydrogen (secondary N) is 1. The van der Waals surface area contributed by atoms with Crippen LogP contribution in [0.1, 0.15) is 18.2 Å². The minimum Gasteiger partial charge on any atom is -0.411 e. The summed E-state index contributed by atoms with van der Waals surface area (Å²) in [5, 5.41) is 28.0. The summed E-state index contributed by atoms with van der Waals surface area (Å²) in [6.07, 6.45) is 0.304. The van der Waals surface area contributed by atoms with Crippen LogP contribution in [0.25, 0.3) is 0 Å². The Kier molecular flexibility index (Phi) is 7.98. The fraction of sp³-hybridized carbons (Fsp3) is 0.333. The molecule has 28 heavy (non-hydrogen) atoms. The molecule has 0 aliphatic rings. The lowest BCUT2D eigenvalue weighted by atomic mass is 10.1. The topological polar surface area (TPSA) is 161 Å². The second-order valence-corrected chi connectivity index (χ2v) is 9.40. The Morgan fingerprint density at radius 3 is 2.86 bits per heavy atom. The molecule has 0 aliphatic heterocycles. The van der Waals surface area contributed by atoms with Gasteiger partial charge in [0.15, 0.2) is 10.7 Å². The first-order chi connectivity index (χ1) is 13.2. The molecule has 0 bridgehead atoms. The molecule has 1 amide bonds. The molecule has 0 fully saturated rings. The maximum atomic E-state index is 11.6. The number of carbonyl (C=O) groups is 1. The van der Waals surface area contributed by atoms with Gasteiger partial charge in [-0.25, -0.2) is 18.2 Å². The molecule has 1 aromatic heterocycles. The van der Waals surface area contributed by atoms with Crippen molar-refractivity contribution in [2.45, 2.75) is 24.4 Å². The lowest BCUT2D eigenvalue weighted by Gasteiger charge is -2.12. The monoisotopic (exact) mass is 491 g/mol. The highest BCUT2D eigenvalue weighted by molar-refractivity contribution is 9.10. The van der Waals surface area contributed by atoms with E-state index in [0.717, 1.165) is 10.0 Å². The normalized spacial score (nSPS) is 13.3. The van der Waals surface area contributed by atoms with Crippen LogP contribution in [-0.2, 0) is 21.2 Å². The molecule has 1 aromatic carbocycles. The molecule has 10 nitrogen and oxygen atoms in total. The van der Waals surface area contributed by atoms with E-state index >= 15 is 0 Å². The maximum absolute atomic E-state index is 11.6. The summed E-state index contributed by atoms with van der Waals surface area (Å²) in [4.78, 5) is 11.6. The van der Waals surface area contributed by atoms with Gasteiger partial charge in [0.1, 0.15) is 11.5 Å². The summed E-state index contributed by atoms with van der Waals surface area (Å²) in [7, 11) is -3.88. The molecular weight excluding hydrogens is 474 g/mol. The van der Waals surface area contributed by atoms with Crippen molar-refractivity contribution in [1.82, 2.24) is 15.6 Å². The molecule has 0 aliphatic carbocycles. The Bertz CT molecular complexity index is 963. The number of thioether (sulfide) groups is 1. The van der Waals surface area contributed by atoms with Crippen LogP contribution in [-0.4, -0.2) is 53.1 Å². The Balaban J connectivity index is 1.99. The highest BCUT2D eigenvalue weighted by atomic mass is 79.9. The zero-order valence-electron chi connectivity index (χ0n) is 14.7. The number of benzene rings is 1. The minimum atomic E-state index is -3.88. The Labute approximate surface area is 174 Å². The number of sulfonamides is 1. The summed E-state index contributed by atoms with van der Waals surface area (Å²) in [5.41, 5.74) is 1.45. The van der Waals surface area contributed by atoms with Gasteiger partial charge in [-0.05, 0) is 34.9 Å². The van der Waals surface area contributed by atoms with Gasteiger partial charge in [-0.15, -0.1) is 0 Å². The van der Waals surface area contributed by atoms with E-state index in [2.05, 4.69) is 36.7 Å². The molecule has 2 rings (SSSR count). The van der Waals surface area contributed by atoms with Gasteiger partial charge in [0.05, 0.1) is 0 Å². The number of carbonyl (C=O) groups excluding carboxylic acids is 1. The fourth-order valence-corrected chi connectivity index (χ4v) is 3.97. The van der Waals surface area contributed by atoms with Crippen LogP contribution in [0.3, 0.4) is 0 Å². The van der Waals surface area contributed by atoms with Crippen LogP contribution in [0.2, 0.25) is 0 Å².